The van der Waals surface area contributed by atoms with Gasteiger partial charge in [-0.2, -0.15) is 0 Å². The van der Waals surface area contributed by atoms with Crippen LogP contribution in [0.4, 0.5) is 0 Å². The van der Waals surface area contributed by atoms with Gasteiger partial charge in [-0.05, 0) is 0 Å². The van der Waals surface area contributed by atoms with Crippen molar-refractivity contribution >= 4 is 41.5 Å². The zero-order valence-corrected chi connectivity index (χ0v) is 7.19. The number of aliphatic hydroxyl groups excluding tert-OH is 1. The monoisotopic (exact) mass is 370 g/mol. The molecule has 0 radical (unpaired) electrons. The Balaban J connectivity index is 0. The van der Waals surface area contributed by atoms with Crippen molar-refractivity contribution in [2.45, 2.75) is 12.2 Å². The van der Waals surface area contributed by atoms with E-state index in [2.05, 4.69) is 3.24 Å². The molecule has 0 saturated heterocycles. The van der Waals surface area contributed by atoms with Crippen molar-refractivity contribution in [2.75, 3.05) is 0 Å². The van der Waals surface area contributed by atoms with Crippen molar-refractivity contribution in [1.29, 1.82) is 0 Å². The standard InChI is InChI=1S/C4H5O6.Au.Na.H/c5-1(3(7)8)2(6)4(9)10;;;/h1-2,5H,(H,7,8)(H,9,10);;;/q-1;+1;;. The van der Waals surface area contributed by atoms with Gasteiger partial charge in [0.05, 0.1) is 0 Å². The fraction of sp³-hybridized carbons (Fsp3) is 0.500. The summed E-state index contributed by atoms with van der Waals surface area (Å²) in [5.74, 6) is -3.16. The van der Waals surface area contributed by atoms with Gasteiger partial charge in [0.2, 0.25) is 0 Å². The first-order valence-electron chi connectivity index (χ1n) is 2.38. The molecule has 0 aromatic carbocycles. The van der Waals surface area contributed by atoms with E-state index in [0.717, 1.165) is 0 Å². The molecule has 70 valence electrons. The summed E-state index contributed by atoms with van der Waals surface area (Å²) in [7, 11) is 0. The molecule has 2 atom stereocenters. The van der Waals surface area contributed by atoms with Crippen LogP contribution < -0.4 is 0 Å². The summed E-state index contributed by atoms with van der Waals surface area (Å²) in [5.41, 5.74) is 0. The molecular formula is C4H6AuNaO6. The van der Waals surface area contributed by atoms with E-state index in [0.29, 0.717) is 0 Å². The van der Waals surface area contributed by atoms with E-state index in [1.54, 1.807) is 0 Å². The van der Waals surface area contributed by atoms with Crippen LogP contribution in [0.5, 0.6) is 0 Å². The van der Waals surface area contributed by atoms with Crippen molar-refractivity contribution in [3.8, 4) is 0 Å². The number of hydrogen-bond donors (Lipinski definition) is 3. The molecule has 6 nitrogen and oxygen atoms in total. The third-order valence-corrected chi connectivity index (χ3v) is 1.41. The second-order valence-corrected chi connectivity index (χ2v) is 2.12. The van der Waals surface area contributed by atoms with E-state index in [9.17, 15) is 9.59 Å². The first-order chi connectivity index (χ1) is 5.00. The SMILES string of the molecule is O=C(O)C(O)C([O][Au])C(=O)O.[NaH]. The number of carbonyl (C=O) groups is 2. The second-order valence-electron chi connectivity index (χ2n) is 1.61. The maximum atomic E-state index is 10.1. The molecule has 0 aliphatic carbocycles. The number of carboxylic acid groups (broad SMARTS) is 2. The van der Waals surface area contributed by atoms with Gasteiger partial charge in [0.15, 0.2) is 0 Å². The number of aliphatic hydroxyl groups is 1. The van der Waals surface area contributed by atoms with E-state index in [1.807, 2.05) is 0 Å². The molecule has 0 bridgehead atoms. The Labute approximate surface area is 103 Å². The average Bonchev–Trinajstić information content (AvgIpc) is 1.88. The van der Waals surface area contributed by atoms with E-state index >= 15 is 0 Å². The molecule has 0 aliphatic heterocycles. The third kappa shape index (κ3) is 4.58. The molecule has 0 aromatic rings. The Bertz CT molecular complexity index is 173. The van der Waals surface area contributed by atoms with Crippen LogP contribution >= 0.6 is 0 Å². The Morgan fingerprint density at radius 2 is 1.67 bits per heavy atom. The normalized spacial score (nSPS) is 14.2. The molecule has 0 spiro atoms. The fourth-order valence-corrected chi connectivity index (χ4v) is 0.831. The van der Waals surface area contributed by atoms with E-state index in [-0.39, 0.29) is 29.6 Å². The topological polar surface area (TPSA) is 104 Å². The van der Waals surface area contributed by atoms with E-state index in [1.165, 1.54) is 21.5 Å². The molecule has 3 N–H and O–H groups in total. The van der Waals surface area contributed by atoms with Gasteiger partial charge in [0.1, 0.15) is 0 Å². The number of rotatable bonds is 4. The van der Waals surface area contributed by atoms with Crippen molar-refractivity contribution in [2.24, 2.45) is 0 Å². The molecule has 0 fully saturated rings. The second kappa shape index (κ2) is 7.05. The van der Waals surface area contributed by atoms with Gasteiger partial charge in [-0.25, -0.2) is 0 Å². The predicted octanol–water partition coefficient (Wildman–Crippen LogP) is -2.28. The number of aliphatic carboxylic acids is 2. The number of hydrogen-bond acceptors (Lipinski definition) is 4. The van der Waals surface area contributed by atoms with Crippen LogP contribution in [-0.4, -0.2) is 69.0 Å². The molecular weight excluding hydrogens is 364 g/mol. The molecule has 0 aliphatic rings. The summed E-state index contributed by atoms with van der Waals surface area (Å²) < 4.78 is 4.15. The van der Waals surface area contributed by atoms with Crippen LogP contribution in [0.25, 0.3) is 0 Å². The average molecular weight is 370 g/mol. The van der Waals surface area contributed by atoms with Crippen LogP contribution in [-0.2, 0) is 34.3 Å². The zero-order chi connectivity index (χ0) is 9.02. The fourth-order valence-electron chi connectivity index (χ4n) is 0.334. The van der Waals surface area contributed by atoms with E-state index in [4.69, 9.17) is 15.3 Å². The number of carboxylic acids is 2. The van der Waals surface area contributed by atoms with Gasteiger partial charge >= 0.3 is 103 Å². The van der Waals surface area contributed by atoms with Gasteiger partial charge in [0.25, 0.3) is 0 Å². The molecule has 12 heavy (non-hydrogen) atoms. The Kier molecular flexibility index (Phi) is 8.86. The molecule has 0 heterocycles. The molecule has 2 unspecified atom stereocenters. The van der Waals surface area contributed by atoms with Crippen LogP contribution in [0.1, 0.15) is 0 Å². The van der Waals surface area contributed by atoms with E-state index < -0.39 is 24.1 Å². The quantitative estimate of drug-likeness (QED) is 0.482. The summed E-state index contributed by atoms with van der Waals surface area (Å²) in [6, 6.07) is 0. The maximum absolute atomic E-state index is 10.1. The summed E-state index contributed by atoms with van der Waals surface area (Å²) in [6.07, 6.45) is -3.78. The van der Waals surface area contributed by atoms with Gasteiger partial charge in [-0.15, -0.1) is 0 Å². The van der Waals surface area contributed by atoms with Gasteiger partial charge in [0, 0.05) is 0 Å². The minimum absolute atomic E-state index is 0. The first kappa shape index (κ1) is 15.1. The van der Waals surface area contributed by atoms with Crippen LogP contribution in [0.3, 0.4) is 0 Å². The first-order valence-corrected chi connectivity index (χ1v) is 3.27. The Morgan fingerprint density at radius 3 is 1.75 bits per heavy atom. The molecule has 0 amide bonds. The van der Waals surface area contributed by atoms with Crippen LogP contribution in [0, 0.1) is 0 Å². The molecule has 0 saturated carbocycles. The van der Waals surface area contributed by atoms with Crippen LogP contribution in [0.15, 0.2) is 0 Å². The Morgan fingerprint density at radius 1 is 1.25 bits per heavy atom. The molecule has 0 aromatic heterocycles. The van der Waals surface area contributed by atoms with Gasteiger partial charge < -0.3 is 0 Å². The molecule has 0 rings (SSSR count). The van der Waals surface area contributed by atoms with Crippen molar-refractivity contribution < 1.29 is 49.6 Å². The Hall–Kier alpha value is 0.600. The summed E-state index contributed by atoms with van der Waals surface area (Å²) >= 11 is 1.38. The third-order valence-electron chi connectivity index (χ3n) is 0.860. The van der Waals surface area contributed by atoms with Crippen molar-refractivity contribution in [3.63, 3.8) is 0 Å². The van der Waals surface area contributed by atoms with Gasteiger partial charge in [-0.3, -0.25) is 0 Å². The predicted molar refractivity (Wildman–Crippen MR) is 33.3 cm³/mol. The van der Waals surface area contributed by atoms with Crippen LogP contribution in [0.2, 0.25) is 0 Å². The van der Waals surface area contributed by atoms with Crippen molar-refractivity contribution in [1.82, 2.24) is 0 Å². The zero-order valence-electron chi connectivity index (χ0n) is 5.02. The summed E-state index contributed by atoms with van der Waals surface area (Å²) in [5, 5.41) is 25.0. The summed E-state index contributed by atoms with van der Waals surface area (Å²) in [6.45, 7) is 0. The summed E-state index contributed by atoms with van der Waals surface area (Å²) in [4.78, 5) is 20.1. The van der Waals surface area contributed by atoms with Gasteiger partial charge in [-0.1, -0.05) is 0 Å². The molecule has 8 heteroatoms. The van der Waals surface area contributed by atoms with Crippen molar-refractivity contribution in [3.05, 3.63) is 0 Å². The minimum atomic E-state index is -2.04.